The molecule has 0 saturated heterocycles. The normalized spacial score (nSPS) is 14.0. The van der Waals surface area contributed by atoms with Gasteiger partial charge in [-0.15, -0.1) is 0 Å². The van der Waals surface area contributed by atoms with Gasteiger partial charge < -0.3 is 24.4 Å². The van der Waals surface area contributed by atoms with Crippen LogP contribution in [0.15, 0.2) is 18.5 Å². The molecule has 2 rings (SSSR count). The highest BCUT2D eigenvalue weighted by Crippen LogP contribution is 2.35. The first-order valence-electron chi connectivity index (χ1n) is 13.8. The van der Waals surface area contributed by atoms with Crippen molar-refractivity contribution in [3.05, 3.63) is 24.2 Å². The monoisotopic (exact) mass is 535 g/mol. The average molecular weight is 536 g/mol. The largest absolute Gasteiger partial charge is 0.382 e. The summed E-state index contributed by atoms with van der Waals surface area (Å²) in [6.07, 6.45) is 18.9. The van der Waals surface area contributed by atoms with E-state index < -0.39 is 14.2 Å². The summed E-state index contributed by atoms with van der Waals surface area (Å²) in [5, 5.41) is 14.0. The first-order valence-corrected chi connectivity index (χ1v) is 15.0. The Hall–Kier alpha value is -1.82. The zero-order valence-electron chi connectivity index (χ0n) is 22.7. The molecule has 10 heteroatoms. The molecule has 208 valence electrons. The number of nitrogen functional groups attached to an aromatic ring is 1. The molecule has 0 amide bonds. The number of fused-ring (bicyclic) bond motifs is 1. The molecule has 3 N–H and O–H groups in total. The van der Waals surface area contributed by atoms with E-state index in [0.29, 0.717) is 30.8 Å². The number of nitrogens with zero attached hydrogens (tertiary/aromatic N) is 4. The van der Waals surface area contributed by atoms with E-state index in [-0.39, 0.29) is 6.61 Å². The van der Waals surface area contributed by atoms with Crippen LogP contribution in [0.1, 0.15) is 103 Å². The Kier molecular flexibility index (Phi) is 15.6. The Labute approximate surface area is 223 Å². The standard InChI is InChI=1S/C27H46N5O4P/c1-3-4-5-6-7-8-9-10-11-12-13-14-15-20-35-37(33)36-22-27(21-28,34-2)19-18-24-16-17-25-26(29)30-23-31-32(24)25/h16-17,23,33H,3-15,18-20,22H2,1-2H3,(H2,29,30,31). The third-order valence-electron chi connectivity index (χ3n) is 6.80. The summed E-state index contributed by atoms with van der Waals surface area (Å²) in [5.74, 6) is 0.398. The number of aryl methyl sites for hydroxylation is 1. The van der Waals surface area contributed by atoms with Gasteiger partial charge in [-0.05, 0) is 31.4 Å². The molecular formula is C27H46N5O4P. The number of rotatable bonds is 22. The number of ether oxygens (including phenoxy) is 1. The topological polar surface area (TPSA) is 128 Å². The molecule has 2 unspecified atom stereocenters. The van der Waals surface area contributed by atoms with Crippen LogP contribution in [0, 0.1) is 11.3 Å². The molecule has 0 spiro atoms. The van der Waals surface area contributed by atoms with Crippen LogP contribution < -0.4 is 5.73 Å². The molecule has 0 radical (unpaired) electrons. The Bertz CT molecular complexity index is 922. The highest BCUT2D eigenvalue weighted by Gasteiger charge is 2.32. The molecule has 0 fully saturated rings. The van der Waals surface area contributed by atoms with E-state index in [0.717, 1.165) is 18.5 Å². The summed E-state index contributed by atoms with van der Waals surface area (Å²) < 4.78 is 18.1. The zero-order chi connectivity index (χ0) is 26.8. The SMILES string of the molecule is CCCCCCCCCCCCCCCOP(O)OCC(C#N)(CCc1ccc2c(N)ncnn12)OC. The number of methoxy groups -OCH3 is 1. The fourth-order valence-corrected chi connectivity index (χ4v) is 5.03. The molecule has 2 aromatic rings. The minimum Gasteiger partial charge on any atom is -0.382 e. The zero-order valence-corrected chi connectivity index (χ0v) is 23.6. The second kappa shape index (κ2) is 18.4. The molecule has 0 saturated carbocycles. The van der Waals surface area contributed by atoms with Crippen molar-refractivity contribution in [3.8, 4) is 6.07 Å². The van der Waals surface area contributed by atoms with Gasteiger partial charge in [0.05, 0.1) is 13.2 Å². The van der Waals surface area contributed by atoms with E-state index in [1.165, 1.54) is 84.1 Å². The third kappa shape index (κ3) is 11.6. The molecule has 2 heterocycles. The summed E-state index contributed by atoms with van der Waals surface area (Å²) in [7, 11) is -0.589. The van der Waals surface area contributed by atoms with Crippen molar-refractivity contribution >= 4 is 19.9 Å². The van der Waals surface area contributed by atoms with Gasteiger partial charge in [0.25, 0.3) is 0 Å². The van der Waals surface area contributed by atoms with Gasteiger partial charge in [0, 0.05) is 12.8 Å². The summed E-state index contributed by atoms with van der Waals surface area (Å²) in [6.45, 7) is 2.63. The molecule has 0 bridgehead atoms. The quantitative estimate of drug-likeness (QED) is 0.129. The van der Waals surface area contributed by atoms with Crippen LogP contribution in [-0.2, 0) is 20.2 Å². The Morgan fingerprint density at radius 3 is 2.22 bits per heavy atom. The van der Waals surface area contributed by atoms with Gasteiger partial charge in [-0.2, -0.15) is 10.4 Å². The summed E-state index contributed by atoms with van der Waals surface area (Å²) in [4.78, 5) is 14.1. The van der Waals surface area contributed by atoms with Crippen molar-refractivity contribution in [2.45, 2.75) is 109 Å². The minimum absolute atomic E-state index is 0.0821. The fraction of sp³-hybridized carbons (Fsp3) is 0.741. The number of anilines is 1. The molecule has 0 aliphatic heterocycles. The maximum absolute atomic E-state index is 10.1. The lowest BCUT2D eigenvalue weighted by Gasteiger charge is -2.25. The van der Waals surface area contributed by atoms with Crippen molar-refractivity contribution in [2.75, 3.05) is 26.1 Å². The van der Waals surface area contributed by atoms with Crippen LogP contribution in [-0.4, -0.2) is 45.4 Å². The predicted octanol–water partition coefficient (Wildman–Crippen LogP) is 6.50. The molecule has 9 nitrogen and oxygen atoms in total. The molecular weight excluding hydrogens is 489 g/mol. The van der Waals surface area contributed by atoms with E-state index in [1.54, 1.807) is 4.52 Å². The summed E-state index contributed by atoms with van der Waals surface area (Å²) in [6, 6.07) is 5.94. The molecule has 37 heavy (non-hydrogen) atoms. The smallest absolute Gasteiger partial charge is 0.329 e. The molecule has 2 aromatic heterocycles. The van der Waals surface area contributed by atoms with Crippen LogP contribution in [0.4, 0.5) is 5.82 Å². The van der Waals surface area contributed by atoms with Crippen molar-refractivity contribution in [1.29, 1.82) is 5.26 Å². The lowest BCUT2D eigenvalue weighted by molar-refractivity contribution is -0.0108. The summed E-state index contributed by atoms with van der Waals surface area (Å²) in [5.41, 5.74) is 6.28. The number of nitrogens with two attached hydrogens (primary N) is 1. The molecule has 2 atom stereocenters. The molecule has 0 aliphatic rings. The van der Waals surface area contributed by atoms with Crippen molar-refractivity contribution in [3.63, 3.8) is 0 Å². The Morgan fingerprint density at radius 1 is 1.00 bits per heavy atom. The van der Waals surface area contributed by atoms with Gasteiger partial charge in [0.2, 0.25) is 0 Å². The molecule has 0 aromatic carbocycles. The second-order valence-electron chi connectivity index (χ2n) is 9.66. The van der Waals surface area contributed by atoms with Gasteiger partial charge in [-0.1, -0.05) is 84.0 Å². The number of unbranched alkanes of at least 4 members (excludes halogenated alkanes) is 12. The Morgan fingerprint density at radius 2 is 1.62 bits per heavy atom. The number of aromatic nitrogens is 3. The second-order valence-corrected chi connectivity index (χ2v) is 10.7. The van der Waals surface area contributed by atoms with Crippen molar-refractivity contribution in [2.24, 2.45) is 0 Å². The summed E-state index contributed by atoms with van der Waals surface area (Å²) >= 11 is 0. The van der Waals surface area contributed by atoms with Crippen LogP contribution in [0.5, 0.6) is 0 Å². The van der Waals surface area contributed by atoms with E-state index in [2.05, 4.69) is 23.1 Å². The maximum Gasteiger partial charge on any atom is 0.329 e. The van der Waals surface area contributed by atoms with Gasteiger partial charge >= 0.3 is 8.60 Å². The average Bonchev–Trinajstić information content (AvgIpc) is 3.34. The van der Waals surface area contributed by atoms with Crippen molar-refractivity contribution in [1.82, 2.24) is 14.6 Å². The van der Waals surface area contributed by atoms with Crippen LogP contribution >= 0.6 is 8.60 Å². The number of nitriles is 1. The molecule has 0 aliphatic carbocycles. The third-order valence-corrected chi connectivity index (χ3v) is 7.55. The highest BCUT2D eigenvalue weighted by atomic mass is 31.2. The Balaban J connectivity index is 1.55. The lowest BCUT2D eigenvalue weighted by Crippen LogP contribution is -2.35. The van der Waals surface area contributed by atoms with Crippen LogP contribution in [0.3, 0.4) is 0 Å². The number of hydrogen-bond donors (Lipinski definition) is 2. The van der Waals surface area contributed by atoms with Gasteiger partial charge in [-0.25, -0.2) is 9.50 Å². The first kappa shape index (κ1) is 31.4. The first-order chi connectivity index (χ1) is 18.0. The van der Waals surface area contributed by atoms with E-state index in [1.807, 2.05) is 12.1 Å². The number of hydrogen-bond acceptors (Lipinski definition) is 8. The fourth-order valence-electron chi connectivity index (χ4n) is 4.35. The van der Waals surface area contributed by atoms with Gasteiger partial charge in [-0.3, -0.25) is 0 Å². The van der Waals surface area contributed by atoms with E-state index in [4.69, 9.17) is 19.5 Å². The van der Waals surface area contributed by atoms with Crippen molar-refractivity contribution < 1.29 is 18.7 Å². The predicted molar refractivity (Wildman–Crippen MR) is 148 cm³/mol. The maximum atomic E-state index is 10.1. The lowest BCUT2D eigenvalue weighted by atomic mass is 9.99. The minimum atomic E-state index is -2.06. The van der Waals surface area contributed by atoms with E-state index in [9.17, 15) is 10.2 Å². The van der Waals surface area contributed by atoms with Crippen LogP contribution in [0.2, 0.25) is 0 Å². The highest BCUT2D eigenvalue weighted by molar-refractivity contribution is 7.40. The van der Waals surface area contributed by atoms with Crippen LogP contribution in [0.25, 0.3) is 5.52 Å². The van der Waals surface area contributed by atoms with Gasteiger partial charge in [0.1, 0.15) is 17.9 Å². The van der Waals surface area contributed by atoms with Gasteiger partial charge in [0.15, 0.2) is 11.4 Å². The van der Waals surface area contributed by atoms with E-state index >= 15 is 0 Å².